The summed E-state index contributed by atoms with van der Waals surface area (Å²) in [6, 6.07) is 26.7. The van der Waals surface area contributed by atoms with Crippen LogP contribution in [0.15, 0.2) is 78.9 Å². The Kier molecular flexibility index (Phi) is 6.99. The second-order valence-electron chi connectivity index (χ2n) is 8.74. The lowest BCUT2D eigenvalue weighted by atomic mass is 9.91. The molecule has 4 rings (SSSR count). The number of aryl methyl sites for hydroxylation is 1. The Morgan fingerprint density at radius 3 is 2.44 bits per heavy atom. The molecule has 0 aliphatic carbocycles. The number of carbonyl (C=O) groups is 1. The molecule has 4 aromatic rings. The number of benzene rings is 4. The van der Waals surface area contributed by atoms with Crippen LogP contribution in [0.3, 0.4) is 0 Å². The van der Waals surface area contributed by atoms with Crippen molar-refractivity contribution in [3.8, 4) is 16.9 Å². The quantitative estimate of drug-likeness (QED) is 0.293. The fourth-order valence-electron chi connectivity index (χ4n) is 4.45. The predicted molar refractivity (Wildman–Crippen MR) is 139 cm³/mol. The Balaban J connectivity index is 1.71. The number of carboxylic acid groups (broad SMARTS) is 1. The van der Waals surface area contributed by atoms with Gasteiger partial charge in [-0.25, -0.2) is 4.79 Å². The molecule has 2 unspecified atom stereocenters. The van der Waals surface area contributed by atoms with Crippen LogP contribution in [0.5, 0.6) is 5.75 Å². The van der Waals surface area contributed by atoms with E-state index in [1.165, 1.54) is 5.56 Å². The molecule has 34 heavy (non-hydrogen) atoms. The largest absolute Gasteiger partial charge is 0.494 e. The van der Waals surface area contributed by atoms with Gasteiger partial charge in [0.1, 0.15) is 5.75 Å². The SMILES string of the molecule is CCOc1cccc(C(C)NC(C)c2cc(-c3ccc(C)c(C(=O)O)c3)c3ccccc3c2)c1. The number of hydrogen-bond acceptors (Lipinski definition) is 3. The van der Waals surface area contributed by atoms with Gasteiger partial charge in [-0.05, 0) is 96.6 Å². The van der Waals surface area contributed by atoms with Crippen molar-refractivity contribution in [2.45, 2.75) is 39.8 Å². The second kappa shape index (κ2) is 10.1. The van der Waals surface area contributed by atoms with E-state index in [1.807, 2.05) is 50.2 Å². The van der Waals surface area contributed by atoms with Crippen molar-refractivity contribution in [3.63, 3.8) is 0 Å². The minimum atomic E-state index is -0.905. The number of carboxylic acids is 1. The minimum Gasteiger partial charge on any atom is -0.494 e. The fourth-order valence-corrected chi connectivity index (χ4v) is 4.45. The third-order valence-electron chi connectivity index (χ3n) is 6.33. The van der Waals surface area contributed by atoms with E-state index in [2.05, 4.69) is 55.6 Å². The van der Waals surface area contributed by atoms with E-state index in [1.54, 1.807) is 6.07 Å². The normalized spacial score (nSPS) is 12.9. The highest BCUT2D eigenvalue weighted by Crippen LogP contribution is 2.34. The summed E-state index contributed by atoms with van der Waals surface area (Å²) >= 11 is 0. The number of fused-ring (bicyclic) bond motifs is 1. The Morgan fingerprint density at radius 2 is 1.68 bits per heavy atom. The van der Waals surface area contributed by atoms with Crippen LogP contribution in [-0.4, -0.2) is 17.7 Å². The van der Waals surface area contributed by atoms with Gasteiger partial charge >= 0.3 is 5.97 Å². The maximum Gasteiger partial charge on any atom is 0.335 e. The predicted octanol–water partition coefficient (Wildman–Crippen LogP) is 7.32. The number of aromatic carboxylic acids is 1. The Labute approximate surface area is 201 Å². The van der Waals surface area contributed by atoms with Gasteiger partial charge in [0.15, 0.2) is 0 Å². The maximum absolute atomic E-state index is 11.7. The maximum atomic E-state index is 11.7. The van der Waals surface area contributed by atoms with Gasteiger partial charge < -0.3 is 15.2 Å². The lowest BCUT2D eigenvalue weighted by molar-refractivity contribution is 0.0696. The van der Waals surface area contributed by atoms with Crippen LogP contribution in [0.4, 0.5) is 0 Å². The van der Waals surface area contributed by atoms with Gasteiger partial charge in [0.05, 0.1) is 12.2 Å². The summed E-state index contributed by atoms with van der Waals surface area (Å²) in [6.45, 7) is 8.78. The van der Waals surface area contributed by atoms with Crippen molar-refractivity contribution in [2.75, 3.05) is 6.61 Å². The molecule has 0 amide bonds. The highest BCUT2D eigenvalue weighted by molar-refractivity contribution is 5.99. The van der Waals surface area contributed by atoms with Crippen LogP contribution in [0, 0.1) is 6.92 Å². The van der Waals surface area contributed by atoms with E-state index in [-0.39, 0.29) is 12.1 Å². The average Bonchev–Trinajstić information content (AvgIpc) is 2.84. The van der Waals surface area contributed by atoms with Crippen molar-refractivity contribution >= 4 is 16.7 Å². The van der Waals surface area contributed by atoms with Crippen LogP contribution in [0.1, 0.15) is 59.9 Å². The molecule has 0 spiro atoms. The molecule has 0 fully saturated rings. The van der Waals surface area contributed by atoms with Crippen molar-refractivity contribution < 1.29 is 14.6 Å². The lowest BCUT2D eigenvalue weighted by Crippen LogP contribution is -2.22. The number of nitrogens with one attached hydrogen (secondary N) is 1. The summed E-state index contributed by atoms with van der Waals surface area (Å²) < 4.78 is 5.66. The van der Waals surface area contributed by atoms with E-state index >= 15 is 0 Å². The number of ether oxygens (including phenoxy) is 1. The lowest BCUT2D eigenvalue weighted by Gasteiger charge is -2.23. The van der Waals surface area contributed by atoms with Crippen molar-refractivity contribution in [1.82, 2.24) is 5.32 Å². The first-order valence-corrected chi connectivity index (χ1v) is 11.7. The van der Waals surface area contributed by atoms with Gasteiger partial charge in [0.25, 0.3) is 0 Å². The molecular weight excluding hydrogens is 422 g/mol. The minimum absolute atomic E-state index is 0.0819. The van der Waals surface area contributed by atoms with Crippen LogP contribution in [-0.2, 0) is 0 Å². The zero-order chi connectivity index (χ0) is 24.2. The molecule has 0 aliphatic rings. The molecule has 0 saturated carbocycles. The molecule has 0 aromatic heterocycles. The zero-order valence-corrected chi connectivity index (χ0v) is 20.1. The molecule has 2 atom stereocenters. The summed E-state index contributed by atoms with van der Waals surface area (Å²) in [7, 11) is 0. The van der Waals surface area contributed by atoms with E-state index in [0.29, 0.717) is 12.2 Å². The Hall–Kier alpha value is -3.63. The van der Waals surface area contributed by atoms with Gasteiger partial charge in [0, 0.05) is 12.1 Å². The molecule has 0 aliphatic heterocycles. The fraction of sp³-hybridized carbons (Fsp3) is 0.233. The zero-order valence-electron chi connectivity index (χ0n) is 20.1. The van der Waals surface area contributed by atoms with Crippen LogP contribution in [0.25, 0.3) is 21.9 Å². The molecule has 174 valence electrons. The molecule has 2 N–H and O–H groups in total. The van der Waals surface area contributed by atoms with Crippen LogP contribution >= 0.6 is 0 Å². The average molecular weight is 454 g/mol. The van der Waals surface area contributed by atoms with E-state index < -0.39 is 5.97 Å². The van der Waals surface area contributed by atoms with E-state index in [9.17, 15) is 9.90 Å². The topological polar surface area (TPSA) is 58.6 Å². The second-order valence-corrected chi connectivity index (χ2v) is 8.74. The van der Waals surface area contributed by atoms with Crippen molar-refractivity contribution in [3.05, 3.63) is 101 Å². The smallest absolute Gasteiger partial charge is 0.335 e. The van der Waals surface area contributed by atoms with Gasteiger partial charge in [-0.3, -0.25) is 0 Å². The number of rotatable bonds is 8. The van der Waals surface area contributed by atoms with Gasteiger partial charge in [0.2, 0.25) is 0 Å². The van der Waals surface area contributed by atoms with E-state index in [4.69, 9.17) is 4.74 Å². The summed E-state index contributed by atoms with van der Waals surface area (Å²) in [5.41, 5.74) is 5.36. The standard InChI is InChI=1S/C30H31NO3/c1-5-34-26-11-8-10-22(16-26)20(3)31-21(4)25-15-23-9-6-7-12-27(23)29(18-25)24-14-13-19(2)28(17-24)30(32)33/h6-18,20-21,31H,5H2,1-4H3,(H,32,33). The molecule has 0 saturated heterocycles. The van der Waals surface area contributed by atoms with Crippen LogP contribution < -0.4 is 10.1 Å². The highest BCUT2D eigenvalue weighted by atomic mass is 16.5. The first-order valence-electron chi connectivity index (χ1n) is 11.7. The summed E-state index contributed by atoms with van der Waals surface area (Å²) in [4.78, 5) is 11.7. The molecular formula is C30H31NO3. The Bertz CT molecular complexity index is 1330. The third kappa shape index (κ3) is 4.97. The summed E-state index contributed by atoms with van der Waals surface area (Å²) in [5, 5.41) is 15.6. The first kappa shape index (κ1) is 23.5. The highest BCUT2D eigenvalue weighted by Gasteiger charge is 2.16. The van der Waals surface area contributed by atoms with E-state index in [0.717, 1.165) is 38.8 Å². The number of hydrogen-bond donors (Lipinski definition) is 2. The first-order chi connectivity index (χ1) is 16.4. The molecule has 0 bridgehead atoms. The van der Waals surface area contributed by atoms with Crippen LogP contribution in [0.2, 0.25) is 0 Å². The Morgan fingerprint density at radius 1 is 0.912 bits per heavy atom. The monoisotopic (exact) mass is 453 g/mol. The summed E-state index contributed by atoms with van der Waals surface area (Å²) in [6.07, 6.45) is 0. The van der Waals surface area contributed by atoms with Gasteiger partial charge in [-0.2, -0.15) is 0 Å². The van der Waals surface area contributed by atoms with Crippen molar-refractivity contribution in [2.24, 2.45) is 0 Å². The third-order valence-corrected chi connectivity index (χ3v) is 6.33. The van der Waals surface area contributed by atoms with Gasteiger partial charge in [-0.15, -0.1) is 0 Å². The molecule has 0 radical (unpaired) electrons. The van der Waals surface area contributed by atoms with Gasteiger partial charge in [-0.1, -0.05) is 48.5 Å². The van der Waals surface area contributed by atoms with Crippen molar-refractivity contribution in [1.29, 1.82) is 0 Å². The summed E-state index contributed by atoms with van der Waals surface area (Å²) in [5.74, 6) is -0.0270. The molecule has 4 aromatic carbocycles. The molecule has 4 heteroatoms. The molecule has 4 nitrogen and oxygen atoms in total. The molecule has 0 heterocycles.